The average Bonchev–Trinajstić information content (AvgIpc) is 0.807. The van der Waals surface area contributed by atoms with Crippen LogP contribution in [0.15, 0.2) is 66.4 Å². The monoisotopic (exact) mass is 1290 g/mol. The quantitative estimate of drug-likeness (QED) is 0.00984. The van der Waals surface area contributed by atoms with Crippen molar-refractivity contribution in [1.29, 1.82) is 0 Å². The zero-order valence-electron chi connectivity index (χ0n) is 48.2. The maximum atomic E-state index is 12.9. The van der Waals surface area contributed by atoms with Gasteiger partial charge >= 0.3 is 23.9 Å². The maximum Gasteiger partial charge on any atom is 0.330 e. The molecule has 0 amide bonds. The number of esters is 3. The summed E-state index contributed by atoms with van der Waals surface area (Å²) < 4.78 is 75.4. The lowest BCUT2D eigenvalue weighted by Crippen LogP contribution is -2.60. The second-order valence-electron chi connectivity index (χ2n) is 20.5. The fraction of sp³-hybridized carbons (Fsp3) is 0.414. The third-order valence-corrected chi connectivity index (χ3v) is 14.4. The molecule has 16 N–H and O–H groups in total. The average molecular weight is 1290 g/mol. The molecular weight excluding hydrogens is 1220 g/mol. The number of ether oxygens (including phenoxy) is 14. The summed E-state index contributed by atoms with van der Waals surface area (Å²) in [5.74, 6) is -9.80. The van der Waals surface area contributed by atoms with Crippen LogP contribution in [-0.2, 0) is 52.3 Å². The van der Waals surface area contributed by atoms with Crippen LogP contribution in [0.4, 0.5) is 0 Å². The Morgan fingerprint density at radius 2 is 0.912 bits per heavy atom. The van der Waals surface area contributed by atoms with Crippen LogP contribution in [-0.4, -0.2) is 246 Å². The number of rotatable bonds is 23. The van der Waals surface area contributed by atoms with Crippen LogP contribution in [0.25, 0.3) is 18.2 Å². The van der Waals surface area contributed by atoms with Gasteiger partial charge in [-0.05, 0) is 59.7 Å². The number of phenols is 5. The minimum Gasteiger partial charge on any atom is -0.571 e. The Labute approximate surface area is 513 Å². The van der Waals surface area contributed by atoms with Gasteiger partial charge in [0.1, 0.15) is 117 Å². The molecule has 4 aromatic carbocycles. The number of benzene rings is 4. The fourth-order valence-electron chi connectivity index (χ4n) is 9.51. The van der Waals surface area contributed by atoms with Crippen LogP contribution in [0.1, 0.15) is 34.8 Å². The molecule has 0 saturated carbocycles. The van der Waals surface area contributed by atoms with Gasteiger partial charge in [0.15, 0.2) is 40.3 Å². The number of aliphatic carboxylic acids is 1. The van der Waals surface area contributed by atoms with Crippen molar-refractivity contribution in [2.75, 3.05) is 48.3 Å². The molecule has 0 spiro atoms. The zero-order chi connectivity index (χ0) is 66.3. The van der Waals surface area contributed by atoms with E-state index in [-0.39, 0.29) is 57.1 Å². The second kappa shape index (κ2) is 29.2. The summed E-state index contributed by atoms with van der Waals surface area (Å²) in [4.78, 5) is 48.9. The highest BCUT2D eigenvalue weighted by Gasteiger charge is 2.50. The lowest BCUT2D eigenvalue weighted by atomic mass is 9.98. The summed E-state index contributed by atoms with van der Waals surface area (Å²) in [6, 6.07) is 9.53. The third-order valence-electron chi connectivity index (χ3n) is 14.4. The molecule has 33 nitrogen and oxygen atoms in total. The lowest BCUT2D eigenvalue weighted by molar-refractivity contribution is -0.296. The van der Waals surface area contributed by atoms with Gasteiger partial charge < -0.3 is 143 Å². The van der Waals surface area contributed by atoms with Gasteiger partial charge in [-0.3, -0.25) is 9.59 Å². The largest absolute Gasteiger partial charge is 0.571 e. The smallest absolute Gasteiger partial charge is 0.330 e. The molecule has 4 aliphatic rings. The highest BCUT2D eigenvalue weighted by Crippen LogP contribution is 2.49. The van der Waals surface area contributed by atoms with E-state index in [0.717, 1.165) is 42.5 Å². The first-order valence-electron chi connectivity index (χ1n) is 27.2. The number of hydrogen-bond acceptors (Lipinski definition) is 31. The number of carbonyl (C=O) groups excluding carboxylic acids is 3. The van der Waals surface area contributed by atoms with E-state index in [1.165, 1.54) is 64.9 Å². The molecule has 8 rings (SSSR count). The van der Waals surface area contributed by atoms with Crippen molar-refractivity contribution in [3.8, 4) is 69.0 Å². The maximum absolute atomic E-state index is 12.9. The molecule has 91 heavy (non-hydrogen) atoms. The molecule has 4 aromatic rings. The molecule has 494 valence electrons. The van der Waals surface area contributed by atoms with Crippen LogP contribution >= 0.6 is 0 Å². The Hall–Kier alpha value is -9.10. The summed E-state index contributed by atoms with van der Waals surface area (Å²) in [5, 5.41) is 162. The summed E-state index contributed by atoms with van der Waals surface area (Å²) in [6.07, 6.45) is -26.3. The van der Waals surface area contributed by atoms with Gasteiger partial charge in [-0.2, -0.15) is 0 Å². The van der Waals surface area contributed by atoms with Crippen LogP contribution in [0.3, 0.4) is 0 Å². The molecule has 0 aliphatic carbocycles. The van der Waals surface area contributed by atoms with Crippen molar-refractivity contribution >= 4 is 42.1 Å². The van der Waals surface area contributed by atoms with E-state index in [0.29, 0.717) is 11.1 Å². The van der Waals surface area contributed by atoms with Crippen molar-refractivity contribution in [3.05, 3.63) is 88.7 Å². The molecular formula is C58H65O33+. The number of carboxylic acid groups (broad SMARTS) is 1. The Balaban J connectivity index is 1.05. The van der Waals surface area contributed by atoms with Crippen molar-refractivity contribution < 1.29 is 162 Å². The van der Waals surface area contributed by atoms with Crippen molar-refractivity contribution in [2.24, 2.45) is 0 Å². The van der Waals surface area contributed by atoms with Gasteiger partial charge in [0.05, 0.1) is 40.1 Å². The Morgan fingerprint density at radius 3 is 1.35 bits per heavy atom. The number of carbonyl (C=O) groups is 4. The van der Waals surface area contributed by atoms with Crippen molar-refractivity contribution in [2.45, 2.75) is 105 Å². The molecule has 0 bridgehead atoms. The van der Waals surface area contributed by atoms with E-state index < -0.39 is 177 Å². The van der Waals surface area contributed by atoms with E-state index in [1.807, 2.05) is 0 Å². The first kappa shape index (κ1) is 67.8. The van der Waals surface area contributed by atoms with Crippen molar-refractivity contribution in [3.63, 3.8) is 0 Å². The predicted molar refractivity (Wildman–Crippen MR) is 298 cm³/mol. The Bertz CT molecular complexity index is 3330. The number of aliphatic hydroxyl groups is 10. The lowest BCUT2D eigenvalue weighted by Gasteiger charge is -2.41. The number of phenolic OH excluding ortho intramolecular Hbond substituents is 5. The first-order valence-corrected chi connectivity index (χ1v) is 27.2. The molecule has 4 aliphatic heterocycles. The number of methoxy groups -OCH3 is 4. The summed E-state index contributed by atoms with van der Waals surface area (Å²) in [7, 11) is 5.17. The number of hydrogen-bond donors (Lipinski definition) is 15. The van der Waals surface area contributed by atoms with Crippen molar-refractivity contribution in [1.82, 2.24) is 0 Å². The molecule has 33 heteroatoms. The number of fused-ring (bicyclic) bond motifs is 1. The molecule has 0 aromatic heterocycles. The molecule has 16 unspecified atom stereocenters. The number of aromatic hydroxyl groups is 6. The predicted octanol–water partition coefficient (Wildman–Crippen LogP) is -1.69. The topological polar surface area (TPSA) is 505 Å². The highest BCUT2D eigenvalue weighted by atomic mass is 16.7. The minimum atomic E-state index is -2.14. The van der Waals surface area contributed by atoms with E-state index in [1.54, 1.807) is 0 Å². The minimum absolute atomic E-state index is 0.0157. The Kier molecular flexibility index (Phi) is 21.8. The molecule has 3 saturated heterocycles. The summed E-state index contributed by atoms with van der Waals surface area (Å²) in [6.45, 7) is -2.40. The second-order valence-corrected chi connectivity index (χ2v) is 20.5. The third kappa shape index (κ3) is 15.6. The van der Waals surface area contributed by atoms with E-state index in [4.69, 9.17) is 66.7 Å². The van der Waals surface area contributed by atoms with E-state index in [2.05, 4.69) is 4.74 Å². The zero-order valence-corrected chi connectivity index (χ0v) is 48.2. The normalized spacial score (nSPS) is 27.9. The highest BCUT2D eigenvalue weighted by molar-refractivity contribution is 5.90. The van der Waals surface area contributed by atoms with Gasteiger partial charge in [-0.15, -0.1) is 0 Å². The van der Waals surface area contributed by atoms with Gasteiger partial charge in [0.2, 0.25) is 36.1 Å². The van der Waals surface area contributed by atoms with Crippen LogP contribution < -0.4 is 28.4 Å². The Morgan fingerprint density at radius 1 is 0.484 bits per heavy atom. The SMILES string of the molecule is COc1cc(C=CC(=O)OCC2OC(Oc3cc(O)c4c(c3)[OH+]C(c3cc(O)c(O)c(OC5OC(COC(=O)C=Cc6cc(OC)c(O)c(OC)c6)C(O)C(O)C5O)c3)C(OC3OC(COC(=O)CC(=O)O)C(O)C(O)C3O)=C4)C(O)C(O)C2O)cc(OC)c1O. The van der Waals surface area contributed by atoms with Gasteiger partial charge in [-0.1, -0.05) is 0 Å². The number of aliphatic hydroxyl groups excluding tert-OH is 9. The van der Waals surface area contributed by atoms with Crippen LogP contribution in [0.5, 0.6) is 69.0 Å². The first-order chi connectivity index (χ1) is 43.2. The van der Waals surface area contributed by atoms with E-state index in [9.17, 15) is 90.7 Å². The summed E-state index contributed by atoms with van der Waals surface area (Å²) in [5.41, 5.74) is 0.203. The summed E-state index contributed by atoms with van der Waals surface area (Å²) >= 11 is 0. The fourth-order valence-corrected chi connectivity index (χ4v) is 9.51. The van der Waals surface area contributed by atoms with Gasteiger partial charge in [0.25, 0.3) is 11.9 Å². The van der Waals surface area contributed by atoms with Crippen LogP contribution in [0, 0.1) is 0 Å². The molecule has 16 atom stereocenters. The molecule has 4 heterocycles. The molecule has 0 radical (unpaired) electrons. The van der Waals surface area contributed by atoms with Gasteiger partial charge in [0, 0.05) is 24.3 Å². The standard InChI is InChI=1S/C58H64O33/c1-78-30-9-22(10-31(79-2)44(30)67)5-7-40(63)82-19-36-46(69)49(72)52(75)56(89-36)85-25-15-27(59)26-17-35(88-58-54(77)51(74)48(71)38(91-58)21-84-42(65)18-39(61)62)55(86-29(26)16-25)24-13-28(60)43(66)34(14-24)87-57-53(76)50(73)47(70)37(90-57)20-83-41(64)8-6-23-11-32(80-3)45(68)33(12-23)81-4/h5-17,36-38,46-60,66-77H,18-21H2,1-4H3,(H,61,62)/p+1. The molecule has 3 fully saturated rings. The van der Waals surface area contributed by atoms with Gasteiger partial charge in [-0.25, -0.2) is 9.59 Å². The van der Waals surface area contributed by atoms with Crippen LogP contribution in [0.2, 0.25) is 0 Å². The number of carboxylic acids is 1. The van der Waals surface area contributed by atoms with E-state index >= 15 is 0 Å².